The smallest absolute Gasteiger partial charge is 0.348 e. The quantitative estimate of drug-likeness (QED) is 0.195. The Morgan fingerprint density at radius 3 is 2.62 bits per heavy atom. The van der Waals surface area contributed by atoms with Crippen molar-refractivity contribution < 1.29 is 14.6 Å². The molecule has 0 saturated heterocycles. The van der Waals surface area contributed by atoms with Crippen LogP contribution in [0.5, 0.6) is 0 Å². The van der Waals surface area contributed by atoms with E-state index in [2.05, 4.69) is 19.1 Å². The SMILES string of the molecule is CCCCCC(O)c1ccc(C2[C@@H](CCCc3ccc(C(=O)OC)s3)CCC2(Cl)Cl)cc1. The van der Waals surface area contributed by atoms with E-state index in [1.54, 1.807) is 0 Å². The fourth-order valence-electron chi connectivity index (χ4n) is 4.81. The van der Waals surface area contributed by atoms with Gasteiger partial charge in [-0.2, -0.15) is 0 Å². The summed E-state index contributed by atoms with van der Waals surface area (Å²) < 4.78 is 4.04. The summed E-state index contributed by atoms with van der Waals surface area (Å²) >= 11 is 15.0. The summed E-state index contributed by atoms with van der Waals surface area (Å²) in [7, 11) is 1.41. The summed E-state index contributed by atoms with van der Waals surface area (Å²) in [5.41, 5.74) is 2.12. The fraction of sp³-hybridized carbons (Fsp3) is 0.577. The van der Waals surface area contributed by atoms with Crippen molar-refractivity contribution in [1.82, 2.24) is 0 Å². The molecule has 0 amide bonds. The van der Waals surface area contributed by atoms with Crippen molar-refractivity contribution in [1.29, 1.82) is 0 Å². The molecule has 1 aliphatic carbocycles. The van der Waals surface area contributed by atoms with Crippen molar-refractivity contribution in [3.63, 3.8) is 0 Å². The van der Waals surface area contributed by atoms with E-state index in [9.17, 15) is 9.90 Å². The number of aryl methyl sites for hydroxylation is 1. The second kappa shape index (κ2) is 11.9. The largest absolute Gasteiger partial charge is 0.465 e. The van der Waals surface area contributed by atoms with Crippen LogP contribution in [-0.4, -0.2) is 22.5 Å². The van der Waals surface area contributed by atoms with E-state index in [-0.39, 0.29) is 11.9 Å². The Kier molecular flexibility index (Phi) is 9.48. The maximum Gasteiger partial charge on any atom is 0.348 e. The van der Waals surface area contributed by atoms with Crippen LogP contribution in [0, 0.1) is 5.92 Å². The Labute approximate surface area is 206 Å². The molecule has 3 nitrogen and oxygen atoms in total. The van der Waals surface area contributed by atoms with Gasteiger partial charge in [0.05, 0.1) is 13.2 Å². The highest BCUT2D eigenvalue weighted by molar-refractivity contribution is 7.13. The first-order chi connectivity index (χ1) is 15.4. The molecule has 1 heterocycles. The molecule has 0 radical (unpaired) electrons. The van der Waals surface area contributed by atoms with Crippen LogP contribution in [0.25, 0.3) is 0 Å². The van der Waals surface area contributed by atoms with E-state index < -0.39 is 10.4 Å². The Balaban J connectivity index is 1.60. The Bertz CT molecular complexity index is 862. The predicted octanol–water partition coefficient (Wildman–Crippen LogP) is 7.84. The van der Waals surface area contributed by atoms with E-state index in [1.165, 1.54) is 23.3 Å². The molecule has 1 saturated carbocycles. The summed E-state index contributed by atoms with van der Waals surface area (Å²) in [6.07, 6.45) is 8.54. The summed E-state index contributed by atoms with van der Waals surface area (Å²) in [5, 5.41) is 10.5. The number of methoxy groups -OCH3 is 1. The van der Waals surface area contributed by atoms with Crippen molar-refractivity contribution >= 4 is 40.5 Å². The highest BCUT2D eigenvalue weighted by Gasteiger charge is 2.46. The molecule has 32 heavy (non-hydrogen) atoms. The van der Waals surface area contributed by atoms with E-state index in [0.717, 1.165) is 68.9 Å². The molecule has 1 fully saturated rings. The van der Waals surface area contributed by atoms with Crippen LogP contribution in [0.1, 0.15) is 96.0 Å². The van der Waals surface area contributed by atoms with Gasteiger partial charge < -0.3 is 9.84 Å². The summed E-state index contributed by atoms with van der Waals surface area (Å²) in [6.45, 7) is 2.17. The fourth-order valence-corrected chi connectivity index (χ4v) is 6.61. The molecule has 0 aliphatic heterocycles. The lowest BCUT2D eigenvalue weighted by Gasteiger charge is -2.28. The molecule has 3 rings (SSSR count). The van der Waals surface area contributed by atoms with Gasteiger partial charge in [-0.3, -0.25) is 0 Å². The minimum Gasteiger partial charge on any atom is -0.465 e. The molecular formula is C26H34Cl2O3S. The number of carbonyl (C=O) groups is 1. The molecule has 1 N–H and O–H groups in total. The highest BCUT2D eigenvalue weighted by Crippen LogP contribution is 2.55. The zero-order chi connectivity index (χ0) is 23.1. The van der Waals surface area contributed by atoms with Crippen molar-refractivity contribution in [2.75, 3.05) is 7.11 Å². The van der Waals surface area contributed by atoms with Crippen LogP contribution in [0.15, 0.2) is 36.4 Å². The second-order valence-corrected chi connectivity index (χ2v) is 11.6. The summed E-state index contributed by atoms with van der Waals surface area (Å²) in [6, 6.07) is 12.1. The maximum atomic E-state index is 11.7. The van der Waals surface area contributed by atoms with Crippen molar-refractivity contribution in [3.8, 4) is 0 Å². The molecule has 1 aliphatic rings. The van der Waals surface area contributed by atoms with Crippen LogP contribution < -0.4 is 0 Å². The van der Waals surface area contributed by atoms with Crippen molar-refractivity contribution in [2.45, 2.75) is 81.1 Å². The predicted molar refractivity (Wildman–Crippen MR) is 134 cm³/mol. The van der Waals surface area contributed by atoms with Gasteiger partial charge in [0.2, 0.25) is 0 Å². The third kappa shape index (κ3) is 6.50. The molecular weight excluding hydrogens is 463 g/mol. The standard InChI is InChI=1S/C26H34Cl2O3S/c1-3-4-5-9-22(29)18-10-12-20(13-11-18)24-19(16-17-26(24,27)28)7-6-8-21-14-15-23(32-21)25(30)31-2/h10-15,19,22,24,29H,3-9,16-17H2,1-2H3/t19-,22?,24?/m0/s1. The van der Waals surface area contributed by atoms with Gasteiger partial charge in [-0.1, -0.05) is 50.5 Å². The van der Waals surface area contributed by atoms with Gasteiger partial charge in [-0.25, -0.2) is 4.79 Å². The van der Waals surface area contributed by atoms with Crippen LogP contribution in [0.2, 0.25) is 0 Å². The number of rotatable bonds is 11. The highest BCUT2D eigenvalue weighted by atomic mass is 35.5. The minimum absolute atomic E-state index is 0.0890. The van der Waals surface area contributed by atoms with Crippen molar-refractivity contribution in [3.05, 3.63) is 57.3 Å². The number of aliphatic hydroxyl groups excluding tert-OH is 1. The lowest BCUT2D eigenvalue weighted by Crippen LogP contribution is -2.21. The molecule has 176 valence electrons. The number of esters is 1. The number of ether oxygens (including phenoxy) is 1. The van der Waals surface area contributed by atoms with Gasteiger partial charge >= 0.3 is 5.97 Å². The lowest BCUT2D eigenvalue weighted by molar-refractivity contribution is 0.0606. The molecule has 1 aromatic heterocycles. The van der Waals surface area contributed by atoms with E-state index in [1.807, 2.05) is 24.3 Å². The summed E-state index contributed by atoms with van der Waals surface area (Å²) in [5.74, 6) is 0.238. The molecule has 2 unspecified atom stereocenters. The number of hydrogen-bond acceptors (Lipinski definition) is 4. The zero-order valence-corrected chi connectivity index (χ0v) is 21.3. The Morgan fingerprint density at radius 2 is 1.94 bits per heavy atom. The number of thiophene rings is 1. The van der Waals surface area contributed by atoms with E-state index >= 15 is 0 Å². The van der Waals surface area contributed by atoms with Crippen LogP contribution >= 0.6 is 34.5 Å². The molecule has 1 aromatic carbocycles. The third-order valence-electron chi connectivity index (χ3n) is 6.58. The number of benzene rings is 1. The van der Waals surface area contributed by atoms with E-state index in [4.69, 9.17) is 27.9 Å². The molecule has 0 bridgehead atoms. The number of hydrogen-bond donors (Lipinski definition) is 1. The molecule has 6 heteroatoms. The average molecular weight is 498 g/mol. The Hall–Kier alpha value is -1.07. The maximum absolute atomic E-state index is 11.7. The normalized spacial score (nSPS) is 20.9. The van der Waals surface area contributed by atoms with Gasteiger partial charge in [-0.05, 0) is 67.7 Å². The van der Waals surface area contributed by atoms with E-state index in [0.29, 0.717) is 10.8 Å². The topological polar surface area (TPSA) is 46.5 Å². The monoisotopic (exact) mass is 496 g/mol. The number of aliphatic hydroxyl groups is 1. The van der Waals surface area contributed by atoms with Crippen LogP contribution in [0.3, 0.4) is 0 Å². The summed E-state index contributed by atoms with van der Waals surface area (Å²) in [4.78, 5) is 13.5. The first kappa shape index (κ1) is 25.6. The number of halogens is 2. The van der Waals surface area contributed by atoms with Gasteiger partial charge in [-0.15, -0.1) is 34.5 Å². The average Bonchev–Trinajstić information content (AvgIpc) is 3.37. The first-order valence-corrected chi connectivity index (χ1v) is 13.3. The minimum atomic E-state index is -0.757. The van der Waals surface area contributed by atoms with Gasteiger partial charge in [0.15, 0.2) is 0 Å². The van der Waals surface area contributed by atoms with Crippen LogP contribution in [0.4, 0.5) is 0 Å². The second-order valence-electron chi connectivity index (χ2n) is 8.87. The number of carbonyl (C=O) groups excluding carboxylic acids is 1. The van der Waals surface area contributed by atoms with Crippen LogP contribution in [-0.2, 0) is 11.2 Å². The van der Waals surface area contributed by atoms with Gasteiger partial charge in [0.1, 0.15) is 9.21 Å². The Morgan fingerprint density at radius 1 is 1.19 bits per heavy atom. The van der Waals surface area contributed by atoms with Gasteiger partial charge in [0.25, 0.3) is 0 Å². The molecule has 0 spiro atoms. The van der Waals surface area contributed by atoms with Gasteiger partial charge in [0, 0.05) is 10.8 Å². The zero-order valence-electron chi connectivity index (χ0n) is 19.0. The number of unbranched alkanes of at least 4 members (excludes halogenated alkanes) is 2. The number of alkyl halides is 2. The van der Waals surface area contributed by atoms with Crippen molar-refractivity contribution in [2.24, 2.45) is 5.92 Å². The molecule has 3 atom stereocenters. The first-order valence-electron chi connectivity index (χ1n) is 11.7. The third-order valence-corrected chi connectivity index (χ3v) is 8.56. The molecule has 2 aromatic rings. The lowest BCUT2D eigenvalue weighted by atomic mass is 9.84.